The quantitative estimate of drug-likeness (QED) is 0.713. The maximum Gasteiger partial charge on any atom is 0.501 e. The van der Waals surface area contributed by atoms with E-state index in [4.69, 9.17) is 0 Å². The van der Waals surface area contributed by atoms with Gasteiger partial charge in [-0.25, -0.2) is 12.6 Å². The molecule has 2 atom stereocenters. The first-order valence-corrected chi connectivity index (χ1v) is 9.04. The van der Waals surface area contributed by atoms with Gasteiger partial charge < -0.3 is 0 Å². The van der Waals surface area contributed by atoms with Gasteiger partial charge in [0.1, 0.15) is 5.60 Å². The minimum absolute atomic E-state index is 0.0711. The van der Waals surface area contributed by atoms with E-state index < -0.39 is 54.4 Å². The highest BCUT2D eigenvalue weighted by molar-refractivity contribution is 7.96. The third-order valence-electron chi connectivity index (χ3n) is 3.45. The number of rotatable bonds is 4. The van der Waals surface area contributed by atoms with Gasteiger partial charge in [-0.2, -0.15) is 26.3 Å². The van der Waals surface area contributed by atoms with E-state index >= 15 is 0 Å². The molecule has 1 aliphatic rings. The first-order valence-electron chi connectivity index (χ1n) is 6.48. The Balaban J connectivity index is 2.58. The first kappa shape index (κ1) is 19.9. The van der Waals surface area contributed by atoms with Gasteiger partial charge in [0, 0.05) is 12.0 Å². The van der Waals surface area contributed by atoms with Crippen LogP contribution < -0.4 is 0 Å². The van der Waals surface area contributed by atoms with Gasteiger partial charge in [0.25, 0.3) is 20.9 Å². The summed E-state index contributed by atoms with van der Waals surface area (Å²) in [6.45, 7) is 0.953. The van der Waals surface area contributed by atoms with Crippen molar-refractivity contribution in [1.29, 1.82) is 0 Å². The summed E-state index contributed by atoms with van der Waals surface area (Å²) in [5.74, 6) is 0. The molecule has 0 heterocycles. The third-order valence-corrected chi connectivity index (χ3v) is 5.95. The van der Waals surface area contributed by atoms with E-state index in [1.165, 1.54) is 30.3 Å². The van der Waals surface area contributed by atoms with Crippen molar-refractivity contribution in [3.63, 3.8) is 0 Å². The number of hydrogen-bond donors (Lipinski definition) is 0. The first-order chi connectivity index (χ1) is 11.2. The van der Waals surface area contributed by atoms with E-state index in [0.717, 1.165) is 6.92 Å². The summed E-state index contributed by atoms with van der Waals surface area (Å²) < 4.78 is 115. The molecule has 12 heteroatoms. The Morgan fingerprint density at radius 3 is 2.04 bits per heavy atom. The van der Waals surface area contributed by atoms with Crippen LogP contribution in [0.25, 0.3) is 5.57 Å². The molecular weight excluding hydrogens is 398 g/mol. The number of hydrogen-bond acceptors (Lipinski definition) is 4. The van der Waals surface area contributed by atoms with E-state index in [0.29, 0.717) is 0 Å². The molecule has 4 nitrogen and oxygen atoms in total. The number of benzene rings is 1. The van der Waals surface area contributed by atoms with Crippen molar-refractivity contribution in [3.05, 3.63) is 40.8 Å². The lowest BCUT2D eigenvalue weighted by molar-refractivity contribution is -0.0533. The van der Waals surface area contributed by atoms with Gasteiger partial charge in [0.15, 0.2) is 0 Å². The second-order valence-corrected chi connectivity index (χ2v) is 8.35. The molecule has 0 N–H and O–H groups in total. The highest BCUT2D eigenvalue weighted by Gasteiger charge is 2.59. The van der Waals surface area contributed by atoms with Gasteiger partial charge in [-0.1, -0.05) is 30.3 Å². The van der Waals surface area contributed by atoms with Crippen LogP contribution in [0, 0.1) is 0 Å². The molecule has 0 aromatic heterocycles. The Morgan fingerprint density at radius 2 is 1.60 bits per heavy atom. The molecule has 0 aliphatic heterocycles. The zero-order valence-electron chi connectivity index (χ0n) is 12.3. The fourth-order valence-corrected chi connectivity index (χ4v) is 4.32. The average molecular weight is 408 g/mol. The highest BCUT2D eigenvalue weighted by Crippen LogP contribution is 2.53. The zero-order chi connectivity index (χ0) is 19.3. The number of halogens is 6. The van der Waals surface area contributed by atoms with Crippen LogP contribution in [0.5, 0.6) is 0 Å². The van der Waals surface area contributed by atoms with Crippen LogP contribution in [0.2, 0.25) is 0 Å². The number of alkyl halides is 6. The lowest BCUT2D eigenvalue weighted by Crippen LogP contribution is -2.46. The lowest BCUT2D eigenvalue weighted by Gasteiger charge is -2.42. The van der Waals surface area contributed by atoms with Gasteiger partial charge in [0.05, 0.1) is 4.91 Å². The van der Waals surface area contributed by atoms with Crippen molar-refractivity contribution in [2.45, 2.75) is 30.0 Å². The molecular formula is C13H10F6O4S2. The minimum atomic E-state index is -5.76. The molecule has 1 aromatic carbocycles. The van der Waals surface area contributed by atoms with Crippen LogP contribution in [-0.2, 0) is 25.1 Å². The second-order valence-electron chi connectivity index (χ2n) is 5.28. The topological polar surface area (TPSA) is 60.4 Å². The van der Waals surface area contributed by atoms with Gasteiger partial charge in [-0.3, -0.25) is 4.18 Å². The minimum Gasteiger partial charge on any atom is -0.272 e. The summed E-state index contributed by atoms with van der Waals surface area (Å²) in [4.78, 5) is -1.10. The summed E-state index contributed by atoms with van der Waals surface area (Å²) in [6, 6.07) is 6.64. The fourth-order valence-electron chi connectivity index (χ4n) is 2.40. The summed E-state index contributed by atoms with van der Waals surface area (Å²) >= 11 is -3.82. The predicted molar refractivity (Wildman–Crippen MR) is 76.6 cm³/mol. The van der Waals surface area contributed by atoms with Crippen LogP contribution in [0.1, 0.15) is 18.9 Å². The summed E-state index contributed by atoms with van der Waals surface area (Å²) in [5, 5.41) is 0. The van der Waals surface area contributed by atoms with E-state index in [2.05, 4.69) is 4.18 Å². The largest absolute Gasteiger partial charge is 0.501 e. The molecule has 1 aromatic rings. The summed E-state index contributed by atoms with van der Waals surface area (Å²) in [6.07, 6.45) is -0.985. The van der Waals surface area contributed by atoms with Crippen LogP contribution in [0.4, 0.5) is 26.3 Å². The second kappa shape index (κ2) is 6.09. The zero-order valence-corrected chi connectivity index (χ0v) is 13.9. The molecule has 0 saturated carbocycles. The van der Waals surface area contributed by atoms with Gasteiger partial charge in [-0.15, -0.1) is 0 Å². The standard InChI is InChI=1S/C13H10F6O4S2/c1-11(23-24(20)12(14,15)16)7-9(25(21,22)13(17,18)19)10(11)8-5-3-2-4-6-8/h2-6H,7H2,1H3. The van der Waals surface area contributed by atoms with E-state index in [9.17, 15) is 39.0 Å². The van der Waals surface area contributed by atoms with Gasteiger partial charge in [-0.05, 0) is 12.5 Å². The Labute approximate surface area is 141 Å². The van der Waals surface area contributed by atoms with Gasteiger partial charge >= 0.3 is 11.0 Å². The molecule has 0 spiro atoms. The molecule has 0 amide bonds. The molecule has 2 unspecified atom stereocenters. The molecule has 1 aliphatic carbocycles. The van der Waals surface area contributed by atoms with Crippen LogP contribution in [0.15, 0.2) is 35.2 Å². The van der Waals surface area contributed by atoms with Crippen molar-refractivity contribution in [1.82, 2.24) is 0 Å². The molecule has 25 heavy (non-hydrogen) atoms. The SMILES string of the molecule is CC1(OS(=O)C(F)(F)F)CC(S(=O)(=O)C(F)(F)F)=C1c1ccccc1. The van der Waals surface area contributed by atoms with Crippen molar-refractivity contribution in [2.24, 2.45) is 0 Å². The lowest BCUT2D eigenvalue weighted by atomic mass is 9.77. The smallest absolute Gasteiger partial charge is 0.272 e. The highest BCUT2D eigenvalue weighted by atomic mass is 32.2. The van der Waals surface area contributed by atoms with E-state index in [-0.39, 0.29) is 5.56 Å². The summed E-state index contributed by atoms with van der Waals surface area (Å²) in [5.41, 5.74) is -13.6. The Morgan fingerprint density at radius 1 is 1.08 bits per heavy atom. The Bertz CT molecular complexity index is 826. The average Bonchev–Trinajstić information content (AvgIpc) is 2.43. The van der Waals surface area contributed by atoms with Crippen molar-refractivity contribution < 1.29 is 43.2 Å². The Hall–Kier alpha value is -1.40. The molecule has 2 rings (SSSR count). The Kier molecular flexibility index (Phi) is 4.85. The van der Waals surface area contributed by atoms with Gasteiger partial charge in [0.2, 0.25) is 0 Å². The van der Waals surface area contributed by atoms with E-state index in [1.54, 1.807) is 0 Å². The molecule has 0 bridgehead atoms. The van der Waals surface area contributed by atoms with Crippen LogP contribution in [0.3, 0.4) is 0 Å². The monoisotopic (exact) mass is 408 g/mol. The van der Waals surface area contributed by atoms with Crippen LogP contribution >= 0.6 is 0 Å². The summed E-state index contributed by atoms with van der Waals surface area (Å²) in [7, 11) is -5.76. The normalized spacial score (nSPS) is 23.3. The molecule has 0 radical (unpaired) electrons. The molecule has 140 valence electrons. The molecule has 0 saturated heterocycles. The van der Waals surface area contributed by atoms with Crippen LogP contribution in [-0.4, -0.2) is 29.2 Å². The predicted octanol–water partition coefficient (Wildman–Crippen LogP) is 3.69. The molecule has 0 fully saturated rings. The number of sulfone groups is 1. The maximum absolute atomic E-state index is 12.8. The third kappa shape index (κ3) is 3.60. The fraction of sp³-hybridized carbons (Fsp3) is 0.385. The van der Waals surface area contributed by atoms with Crippen molar-refractivity contribution in [2.75, 3.05) is 0 Å². The van der Waals surface area contributed by atoms with Crippen molar-refractivity contribution >= 4 is 26.5 Å². The maximum atomic E-state index is 12.8. The van der Waals surface area contributed by atoms with Crippen molar-refractivity contribution in [3.8, 4) is 0 Å². The van der Waals surface area contributed by atoms with E-state index in [1.807, 2.05) is 0 Å².